The average Bonchev–Trinajstić information content (AvgIpc) is 3.18. The zero-order chi connectivity index (χ0) is 39.8. The number of rotatable bonds is 21. The number of carbonyl (C=O) groups is 6. The predicted octanol–water partition coefficient (Wildman–Crippen LogP) is 0.153. The normalized spacial score (nSPS) is 11.5. The summed E-state index contributed by atoms with van der Waals surface area (Å²) in [6, 6.07) is 23.6. The van der Waals surface area contributed by atoms with Crippen LogP contribution in [0.1, 0.15) is 53.9 Å². The number of guanidine groups is 1. The van der Waals surface area contributed by atoms with Gasteiger partial charge in [0.25, 0.3) is 0 Å². The van der Waals surface area contributed by atoms with Gasteiger partial charge in [-0.1, -0.05) is 84.9 Å². The summed E-state index contributed by atoms with van der Waals surface area (Å²) in [6.45, 7) is 1.49. The Hall–Kier alpha value is -6.49. The number of nitrogens with one attached hydrogen (secondary N) is 7. The van der Waals surface area contributed by atoms with Gasteiger partial charge in [0.05, 0.1) is 5.92 Å². The third-order valence-corrected chi connectivity index (χ3v) is 8.07. The van der Waals surface area contributed by atoms with E-state index in [1.807, 2.05) is 84.9 Å². The molecule has 0 aliphatic heterocycles. The number of urea groups is 2. The molecule has 3 aromatic rings. The fourth-order valence-electron chi connectivity index (χ4n) is 5.27. The number of hydrogen-bond acceptors (Lipinski definition) is 8. The second-order valence-electron chi connectivity index (χ2n) is 12.3. The van der Waals surface area contributed by atoms with Gasteiger partial charge in [-0.15, -0.1) is 0 Å². The monoisotopic (exact) mass is 757 g/mol. The van der Waals surface area contributed by atoms with E-state index < -0.39 is 29.9 Å². The standard InChI is InChI=1S/C38H51N11O6/c39-19-21-42-31(50)17-18-32(51)43-22-23-45-38(55)49-36(40)44-20-7-12-30(34(52)46-24-26-13-15-27(16-14-26)25-47-37(41)54)48-35(53)33(28-8-3-1-4-9-28)29-10-5-2-6-11-29/h1-6,8-11,13-16,30,33H,7,12,17-25,39H2,(H,42,50)(H,43,51)(H,46,52)(H,48,53)(H3,41,47,54)(H4,40,44,45,49,55)/t30-/m1/s1. The summed E-state index contributed by atoms with van der Waals surface area (Å²) in [4.78, 5) is 78.4. The van der Waals surface area contributed by atoms with Crippen LogP contribution in [-0.4, -0.2) is 80.4 Å². The van der Waals surface area contributed by atoms with E-state index in [1.54, 1.807) is 0 Å². The van der Waals surface area contributed by atoms with Gasteiger partial charge in [-0.25, -0.2) is 9.59 Å². The molecule has 294 valence electrons. The molecular weight excluding hydrogens is 706 g/mol. The molecule has 0 unspecified atom stereocenters. The first-order chi connectivity index (χ1) is 26.5. The number of nitrogens with zero attached hydrogens (tertiary/aromatic N) is 1. The highest BCUT2D eigenvalue weighted by molar-refractivity contribution is 5.95. The summed E-state index contributed by atoms with van der Waals surface area (Å²) in [5.74, 6) is -2.18. The minimum absolute atomic E-state index is 0.00171. The Morgan fingerprint density at radius 2 is 1.15 bits per heavy atom. The molecule has 17 nitrogen and oxygen atoms in total. The number of hydrogen-bond donors (Lipinski definition) is 10. The smallest absolute Gasteiger partial charge is 0.321 e. The molecule has 3 aromatic carbocycles. The van der Waals surface area contributed by atoms with Crippen molar-refractivity contribution in [3.05, 3.63) is 107 Å². The van der Waals surface area contributed by atoms with E-state index in [1.165, 1.54) is 0 Å². The average molecular weight is 758 g/mol. The molecule has 0 spiro atoms. The molecule has 3 rings (SSSR count). The van der Waals surface area contributed by atoms with Crippen molar-refractivity contribution in [1.29, 1.82) is 0 Å². The van der Waals surface area contributed by atoms with Crippen molar-refractivity contribution in [3.63, 3.8) is 0 Å². The molecular formula is C38H51N11O6. The van der Waals surface area contributed by atoms with Gasteiger partial charge in [-0.3, -0.25) is 29.5 Å². The summed E-state index contributed by atoms with van der Waals surface area (Å²) in [5, 5.41) is 18.5. The van der Waals surface area contributed by atoms with Crippen molar-refractivity contribution in [2.45, 2.75) is 50.7 Å². The van der Waals surface area contributed by atoms with Crippen LogP contribution in [0.4, 0.5) is 9.59 Å². The molecule has 8 amide bonds. The van der Waals surface area contributed by atoms with Crippen LogP contribution in [0.5, 0.6) is 0 Å². The first kappa shape index (κ1) is 42.9. The maximum atomic E-state index is 13.9. The third-order valence-electron chi connectivity index (χ3n) is 8.07. The summed E-state index contributed by atoms with van der Waals surface area (Å²) in [5.41, 5.74) is 19.5. The van der Waals surface area contributed by atoms with Gasteiger partial charge >= 0.3 is 12.1 Å². The van der Waals surface area contributed by atoms with Crippen LogP contribution >= 0.6 is 0 Å². The number of nitrogens with two attached hydrogens (primary N) is 3. The predicted molar refractivity (Wildman–Crippen MR) is 208 cm³/mol. The molecule has 0 bridgehead atoms. The Morgan fingerprint density at radius 1 is 0.618 bits per heavy atom. The van der Waals surface area contributed by atoms with E-state index in [4.69, 9.17) is 17.2 Å². The second kappa shape index (κ2) is 23.9. The number of amides is 8. The highest BCUT2D eigenvalue weighted by atomic mass is 16.2. The first-order valence-corrected chi connectivity index (χ1v) is 17.9. The SMILES string of the molecule is NCCNC(=O)CCC(=O)NCCNC(=O)NC(N)=NCCC[C@@H](NC(=O)C(c1ccccc1)c1ccccc1)C(=O)NCc1ccc(CNC(N)=O)cc1. The Bertz CT molecular complexity index is 1680. The van der Waals surface area contributed by atoms with E-state index in [9.17, 15) is 28.8 Å². The van der Waals surface area contributed by atoms with Gasteiger partial charge in [0.2, 0.25) is 23.6 Å². The van der Waals surface area contributed by atoms with E-state index in [-0.39, 0.29) is 75.7 Å². The van der Waals surface area contributed by atoms with Crippen molar-refractivity contribution in [2.75, 3.05) is 32.7 Å². The molecule has 0 heterocycles. The van der Waals surface area contributed by atoms with Crippen molar-refractivity contribution < 1.29 is 28.8 Å². The lowest BCUT2D eigenvalue weighted by molar-refractivity contribution is -0.129. The first-order valence-electron chi connectivity index (χ1n) is 17.9. The van der Waals surface area contributed by atoms with Crippen LogP contribution in [0.2, 0.25) is 0 Å². The lowest BCUT2D eigenvalue weighted by atomic mass is 9.90. The molecule has 0 saturated heterocycles. The molecule has 17 heteroatoms. The molecule has 55 heavy (non-hydrogen) atoms. The third kappa shape index (κ3) is 16.8. The van der Waals surface area contributed by atoms with Crippen LogP contribution < -0.4 is 54.4 Å². The van der Waals surface area contributed by atoms with Crippen molar-refractivity contribution in [3.8, 4) is 0 Å². The van der Waals surface area contributed by atoms with E-state index >= 15 is 0 Å². The van der Waals surface area contributed by atoms with Crippen LogP contribution in [0.15, 0.2) is 89.9 Å². The lowest BCUT2D eigenvalue weighted by Crippen LogP contribution is -2.48. The van der Waals surface area contributed by atoms with Crippen LogP contribution in [0.25, 0.3) is 0 Å². The minimum Gasteiger partial charge on any atom is -0.370 e. The number of carbonyl (C=O) groups excluding carboxylic acids is 6. The highest BCUT2D eigenvalue weighted by Crippen LogP contribution is 2.25. The van der Waals surface area contributed by atoms with Crippen molar-refractivity contribution >= 4 is 41.7 Å². The van der Waals surface area contributed by atoms with Gasteiger partial charge < -0.3 is 49.1 Å². The van der Waals surface area contributed by atoms with Crippen LogP contribution in [0.3, 0.4) is 0 Å². The Balaban J connectivity index is 1.56. The molecule has 0 fully saturated rings. The largest absolute Gasteiger partial charge is 0.370 e. The van der Waals surface area contributed by atoms with Crippen molar-refractivity contribution in [1.82, 2.24) is 37.2 Å². The molecule has 1 atom stereocenters. The zero-order valence-electron chi connectivity index (χ0n) is 30.6. The fourth-order valence-corrected chi connectivity index (χ4v) is 5.27. The second-order valence-corrected chi connectivity index (χ2v) is 12.3. The van der Waals surface area contributed by atoms with Gasteiger partial charge in [0.15, 0.2) is 5.96 Å². The summed E-state index contributed by atoms with van der Waals surface area (Å²) < 4.78 is 0. The number of aliphatic imine (C=N–C) groups is 1. The summed E-state index contributed by atoms with van der Waals surface area (Å²) in [6.07, 6.45) is 0.576. The number of benzene rings is 3. The zero-order valence-corrected chi connectivity index (χ0v) is 30.6. The van der Waals surface area contributed by atoms with E-state index in [0.29, 0.717) is 19.5 Å². The maximum Gasteiger partial charge on any atom is 0.321 e. The Labute approximate surface area is 320 Å². The van der Waals surface area contributed by atoms with Gasteiger partial charge in [-0.05, 0) is 35.1 Å². The van der Waals surface area contributed by atoms with Gasteiger partial charge in [0.1, 0.15) is 6.04 Å². The van der Waals surface area contributed by atoms with E-state index in [2.05, 4.69) is 42.2 Å². The summed E-state index contributed by atoms with van der Waals surface area (Å²) in [7, 11) is 0. The van der Waals surface area contributed by atoms with Gasteiger partial charge in [-0.2, -0.15) is 0 Å². The Morgan fingerprint density at radius 3 is 1.69 bits per heavy atom. The van der Waals surface area contributed by atoms with E-state index in [0.717, 1.165) is 22.3 Å². The molecule has 0 aromatic heterocycles. The molecule has 0 aliphatic rings. The van der Waals surface area contributed by atoms with Crippen LogP contribution in [0, 0.1) is 0 Å². The topological polar surface area (TPSA) is 277 Å². The highest BCUT2D eigenvalue weighted by Gasteiger charge is 2.27. The van der Waals surface area contributed by atoms with Gasteiger partial charge in [0, 0.05) is 58.7 Å². The quantitative estimate of drug-likeness (QED) is 0.0405. The molecule has 0 radical (unpaired) electrons. The minimum atomic E-state index is -0.926. The number of primary amides is 1. The maximum absolute atomic E-state index is 13.9. The Kier molecular flexibility index (Phi) is 18.7. The molecule has 0 saturated carbocycles. The lowest BCUT2D eigenvalue weighted by Gasteiger charge is -2.23. The van der Waals surface area contributed by atoms with Crippen LogP contribution in [-0.2, 0) is 32.3 Å². The fraction of sp³-hybridized carbons (Fsp3) is 0.342. The molecule has 13 N–H and O–H groups in total. The van der Waals surface area contributed by atoms with Crippen molar-refractivity contribution in [2.24, 2.45) is 22.2 Å². The molecule has 0 aliphatic carbocycles. The summed E-state index contributed by atoms with van der Waals surface area (Å²) >= 11 is 0.